The molecular formula is C26H34F2N6O2. The molecule has 0 radical (unpaired) electrons. The van der Waals surface area contributed by atoms with Gasteiger partial charge < -0.3 is 9.64 Å². The number of anilines is 1. The van der Waals surface area contributed by atoms with E-state index < -0.39 is 6.43 Å². The van der Waals surface area contributed by atoms with Crippen LogP contribution < -0.4 is 4.90 Å². The average molecular weight is 501 g/mol. The van der Waals surface area contributed by atoms with E-state index in [9.17, 15) is 13.6 Å². The fourth-order valence-corrected chi connectivity index (χ4v) is 5.46. The van der Waals surface area contributed by atoms with Crippen LogP contribution in [0.3, 0.4) is 0 Å². The minimum atomic E-state index is -2.74. The fourth-order valence-electron chi connectivity index (χ4n) is 5.46. The van der Waals surface area contributed by atoms with Crippen LogP contribution in [0.25, 0.3) is 5.65 Å². The molecule has 2 fully saturated rings. The van der Waals surface area contributed by atoms with Gasteiger partial charge in [-0.15, -0.1) is 0 Å². The van der Waals surface area contributed by atoms with Crippen molar-refractivity contribution in [3.05, 3.63) is 41.5 Å². The Kier molecular flexibility index (Phi) is 7.32. The fraction of sp³-hybridized carbons (Fsp3) is 0.615. The second-order valence-electron chi connectivity index (χ2n) is 10.3. The van der Waals surface area contributed by atoms with Crippen molar-refractivity contribution in [1.29, 1.82) is 0 Å². The lowest BCUT2D eigenvalue weighted by Crippen LogP contribution is -2.27. The van der Waals surface area contributed by atoms with Gasteiger partial charge in [-0.05, 0) is 50.0 Å². The number of carbonyl (C=O) groups excluding carboxylic acids is 1. The largest absolute Gasteiger partial charge is 0.380 e. The maximum atomic E-state index is 13.9. The molecular weight excluding hydrogens is 466 g/mol. The standard InChI is InChI=1S/C26H34F2N6O2/c1-17(2)18-4-6-20(7-5-18)34-16-19(24(31-34)25(27)28)14-22(35)21-15-29-33-10-8-23(30-26(21)33)32-9-3-12-36-13-11-32/h8,10,15-18,20,25H,3-7,9,11-14H2,1-2H3. The van der Waals surface area contributed by atoms with Crippen molar-refractivity contribution in [1.82, 2.24) is 24.4 Å². The topological polar surface area (TPSA) is 77.5 Å². The summed E-state index contributed by atoms with van der Waals surface area (Å²) < 4.78 is 36.5. The highest BCUT2D eigenvalue weighted by molar-refractivity contribution is 6.02. The Bertz CT molecular complexity index is 1190. The summed E-state index contributed by atoms with van der Waals surface area (Å²) in [6, 6.07) is 1.96. The number of Topliss-reactive ketones (excluding diaryl/α,β-unsaturated/α-hetero) is 1. The Balaban J connectivity index is 1.36. The molecule has 1 aliphatic heterocycles. The summed E-state index contributed by atoms with van der Waals surface area (Å²) >= 11 is 0. The first kappa shape index (κ1) is 24.8. The molecule has 1 saturated heterocycles. The summed E-state index contributed by atoms with van der Waals surface area (Å²) in [6.45, 7) is 7.34. The van der Waals surface area contributed by atoms with Crippen LogP contribution in [0.4, 0.5) is 14.6 Å². The third kappa shape index (κ3) is 5.14. The van der Waals surface area contributed by atoms with Crippen molar-refractivity contribution in [2.75, 3.05) is 31.2 Å². The monoisotopic (exact) mass is 500 g/mol. The molecule has 0 atom stereocenters. The molecule has 3 aromatic rings. The predicted octanol–water partition coefficient (Wildman–Crippen LogP) is 4.90. The van der Waals surface area contributed by atoms with E-state index in [1.165, 1.54) is 6.20 Å². The number of alkyl halides is 2. The first-order chi connectivity index (χ1) is 17.4. The molecule has 0 bridgehead atoms. The van der Waals surface area contributed by atoms with Crippen LogP contribution in [-0.4, -0.2) is 56.5 Å². The molecule has 36 heavy (non-hydrogen) atoms. The first-order valence-corrected chi connectivity index (χ1v) is 13.0. The second kappa shape index (κ2) is 10.6. The number of hydrogen-bond acceptors (Lipinski definition) is 6. The minimum absolute atomic E-state index is 0.0974. The van der Waals surface area contributed by atoms with Crippen molar-refractivity contribution >= 4 is 17.2 Å². The molecule has 194 valence electrons. The van der Waals surface area contributed by atoms with Crippen LogP contribution in [0.15, 0.2) is 24.7 Å². The van der Waals surface area contributed by atoms with Gasteiger partial charge in [0.15, 0.2) is 11.4 Å². The molecule has 0 amide bonds. The van der Waals surface area contributed by atoms with E-state index >= 15 is 0 Å². The minimum Gasteiger partial charge on any atom is -0.380 e. The third-order valence-corrected chi connectivity index (χ3v) is 7.66. The number of rotatable bonds is 7. The van der Waals surface area contributed by atoms with Crippen LogP contribution in [0.1, 0.15) is 80.0 Å². The molecule has 8 nitrogen and oxygen atoms in total. The van der Waals surface area contributed by atoms with Gasteiger partial charge in [0, 0.05) is 44.1 Å². The van der Waals surface area contributed by atoms with Crippen LogP contribution in [-0.2, 0) is 11.2 Å². The van der Waals surface area contributed by atoms with Gasteiger partial charge in [0.05, 0.1) is 24.4 Å². The molecule has 5 rings (SSSR count). The van der Waals surface area contributed by atoms with E-state index in [1.54, 1.807) is 21.6 Å². The number of hydrogen-bond donors (Lipinski definition) is 0. The lowest BCUT2D eigenvalue weighted by Gasteiger charge is -2.30. The van der Waals surface area contributed by atoms with Gasteiger partial charge in [0.25, 0.3) is 6.43 Å². The van der Waals surface area contributed by atoms with Crippen LogP contribution in [0, 0.1) is 11.8 Å². The molecule has 3 aromatic heterocycles. The molecule has 2 aliphatic rings. The smallest absolute Gasteiger partial charge is 0.282 e. The van der Waals surface area contributed by atoms with E-state index in [4.69, 9.17) is 9.72 Å². The number of carbonyl (C=O) groups is 1. The zero-order chi connectivity index (χ0) is 25.2. The van der Waals surface area contributed by atoms with Gasteiger partial charge in [-0.2, -0.15) is 10.2 Å². The van der Waals surface area contributed by atoms with E-state index in [1.807, 2.05) is 6.07 Å². The number of nitrogens with zero attached hydrogens (tertiary/aromatic N) is 6. The lowest BCUT2D eigenvalue weighted by molar-refractivity contribution is 0.0992. The molecule has 0 spiro atoms. The molecule has 1 aliphatic carbocycles. The van der Waals surface area contributed by atoms with E-state index in [2.05, 4.69) is 28.9 Å². The van der Waals surface area contributed by atoms with E-state index in [-0.39, 0.29) is 29.5 Å². The van der Waals surface area contributed by atoms with Gasteiger partial charge >= 0.3 is 0 Å². The van der Waals surface area contributed by atoms with Crippen molar-refractivity contribution < 1.29 is 18.3 Å². The van der Waals surface area contributed by atoms with E-state index in [0.717, 1.165) is 51.0 Å². The average Bonchev–Trinajstić information content (AvgIpc) is 3.39. The second-order valence-corrected chi connectivity index (χ2v) is 10.3. The highest BCUT2D eigenvalue weighted by Gasteiger charge is 2.28. The Labute approximate surface area is 209 Å². The van der Waals surface area contributed by atoms with Gasteiger partial charge in [0.2, 0.25) is 0 Å². The predicted molar refractivity (Wildman–Crippen MR) is 132 cm³/mol. The quantitative estimate of drug-likeness (QED) is 0.430. The normalized spacial score (nSPS) is 21.4. The lowest BCUT2D eigenvalue weighted by atomic mass is 9.80. The summed E-state index contributed by atoms with van der Waals surface area (Å²) in [5.41, 5.74) is 0.735. The van der Waals surface area contributed by atoms with Crippen molar-refractivity contribution in [2.45, 2.75) is 64.8 Å². The summed E-state index contributed by atoms with van der Waals surface area (Å²) in [5.74, 6) is 1.75. The maximum Gasteiger partial charge on any atom is 0.282 e. The molecule has 0 unspecified atom stereocenters. The third-order valence-electron chi connectivity index (χ3n) is 7.66. The van der Waals surface area contributed by atoms with Crippen LogP contribution in [0.5, 0.6) is 0 Å². The van der Waals surface area contributed by atoms with Crippen LogP contribution in [0.2, 0.25) is 0 Å². The Morgan fingerprint density at radius 2 is 1.97 bits per heavy atom. The number of ether oxygens (including phenoxy) is 1. The zero-order valence-electron chi connectivity index (χ0n) is 20.9. The number of ketones is 1. The van der Waals surface area contributed by atoms with Crippen LogP contribution >= 0.6 is 0 Å². The van der Waals surface area contributed by atoms with E-state index in [0.29, 0.717) is 36.3 Å². The molecule has 1 saturated carbocycles. The highest BCUT2D eigenvalue weighted by atomic mass is 19.3. The van der Waals surface area contributed by atoms with Crippen molar-refractivity contribution in [3.63, 3.8) is 0 Å². The van der Waals surface area contributed by atoms with Gasteiger partial charge in [-0.1, -0.05) is 13.8 Å². The van der Waals surface area contributed by atoms with Crippen molar-refractivity contribution in [2.24, 2.45) is 11.8 Å². The first-order valence-electron chi connectivity index (χ1n) is 13.0. The summed E-state index contributed by atoms with van der Waals surface area (Å²) in [5, 5.41) is 8.51. The molecule has 0 N–H and O–H groups in total. The summed E-state index contributed by atoms with van der Waals surface area (Å²) in [6.07, 6.45) is 6.88. The molecule has 4 heterocycles. The SMILES string of the molecule is CC(C)C1CCC(n2cc(CC(=O)c3cnn4ccc(N5CCCOCC5)nc34)c(C(F)F)n2)CC1. The Hall–Kier alpha value is -2.88. The summed E-state index contributed by atoms with van der Waals surface area (Å²) in [4.78, 5) is 20.1. The molecule has 10 heteroatoms. The summed E-state index contributed by atoms with van der Waals surface area (Å²) in [7, 11) is 0. The number of aromatic nitrogens is 5. The van der Waals surface area contributed by atoms with Gasteiger partial charge in [-0.3, -0.25) is 9.48 Å². The zero-order valence-corrected chi connectivity index (χ0v) is 20.9. The van der Waals surface area contributed by atoms with Gasteiger partial charge in [0.1, 0.15) is 11.5 Å². The molecule has 0 aromatic carbocycles. The Morgan fingerprint density at radius 1 is 1.17 bits per heavy atom. The highest BCUT2D eigenvalue weighted by Crippen LogP contribution is 2.36. The number of fused-ring (bicyclic) bond motifs is 1. The maximum absolute atomic E-state index is 13.9. The van der Waals surface area contributed by atoms with Crippen molar-refractivity contribution in [3.8, 4) is 0 Å². The number of halogens is 2. The van der Waals surface area contributed by atoms with Gasteiger partial charge in [-0.25, -0.2) is 18.3 Å². The Morgan fingerprint density at radius 3 is 2.72 bits per heavy atom.